The zero-order chi connectivity index (χ0) is 14.0. The fraction of sp³-hybridized carbons (Fsp3) is 0.250. The third kappa shape index (κ3) is 3.48. The van der Waals surface area contributed by atoms with Gasteiger partial charge in [0, 0.05) is 11.1 Å². The Kier molecular flexibility index (Phi) is 4.11. The van der Waals surface area contributed by atoms with Crippen LogP contribution in [0.4, 0.5) is 10.1 Å². The molecule has 0 aliphatic carbocycles. The summed E-state index contributed by atoms with van der Waals surface area (Å²) in [5, 5.41) is 3.69. The van der Waals surface area contributed by atoms with Crippen LogP contribution in [0.5, 0.6) is 0 Å². The number of rotatable bonds is 3. The van der Waals surface area contributed by atoms with Crippen molar-refractivity contribution in [2.45, 2.75) is 26.8 Å². The monoisotopic (exact) mass is 277 g/mol. The molecule has 0 aliphatic heterocycles. The Hall–Kier alpha value is -1.54. The van der Waals surface area contributed by atoms with Crippen LogP contribution in [0.3, 0.4) is 0 Å². The van der Waals surface area contributed by atoms with Gasteiger partial charge in [-0.15, -0.1) is 0 Å². The first-order valence-corrected chi connectivity index (χ1v) is 6.63. The zero-order valence-corrected chi connectivity index (χ0v) is 12.1. The van der Waals surface area contributed by atoms with E-state index in [1.54, 1.807) is 12.1 Å². The van der Waals surface area contributed by atoms with Crippen molar-refractivity contribution < 1.29 is 4.39 Å². The fourth-order valence-electron chi connectivity index (χ4n) is 2.18. The van der Waals surface area contributed by atoms with Gasteiger partial charge in [-0.05, 0) is 44.5 Å². The van der Waals surface area contributed by atoms with E-state index in [9.17, 15) is 4.39 Å². The molecule has 0 bridgehead atoms. The molecule has 0 spiro atoms. The average Bonchev–Trinajstić information content (AvgIpc) is 2.32. The Labute approximate surface area is 118 Å². The normalized spacial score (nSPS) is 12.3. The molecule has 0 radical (unpaired) electrons. The van der Waals surface area contributed by atoms with Crippen LogP contribution in [0.2, 0.25) is 5.02 Å². The summed E-state index contributed by atoms with van der Waals surface area (Å²) in [6.45, 7) is 6.13. The lowest BCUT2D eigenvalue weighted by Gasteiger charge is -2.17. The number of hydrogen-bond acceptors (Lipinski definition) is 1. The number of hydrogen-bond donors (Lipinski definition) is 1. The van der Waals surface area contributed by atoms with Gasteiger partial charge in [0.25, 0.3) is 0 Å². The predicted octanol–water partition coefficient (Wildman–Crippen LogP) is 5.27. The molecule has 0 heterocycles. The van der Waals surface area contributed by atoms with Crippen LogP contribution in [0, 0.1) is 19.7 Å². The number of benzene rings is 2. The molecule has 0 aromatic heterocycles. The highest BCUT2D eigenvalue weighted by molar-refractivity contribution is 6.30. The summed E-state index contributed by atoms with van der Waals surface area (Å²) in [4.78, 5) is 0. The van der Waals surface area contributed by atoms with Gasteiger partial charge < -0.3 is 5.32 Å². The van der Waals surface area contributed by atoms with Crippen LogP contribution in [0.15, 0.2) is 36.4 Å². The second-order valence-corrected chi connectivity index (χ2v) is 5.35. The van der Waals surface area contributed by atoms with E-state index in [4.69, 9.17) is 11.6 Å². The van der Waals surface area contributed by atoms with Gasteiger partial charge in [0.1, 0.15) is 5.82 Å². The molecule has 0 fully saturated rings. The highest BCUT2D eigenvalue weighted by atomic mass is 35.5. The van der Waals surface area contributed by atoms with Crippen LogP contribution in [0.1, 0.15) is 29.7 Å². The summed E-state index contributed by atoms with van der Waals surface area (Å²) in [7, 11) is 0. The summed E-state index contributed by atoms with van der Waals surface area (Å²) < 4.78 is 13.7. The molecule has 100 valence electrons. The first kappa shape index (κ1) is 13.9. The smallest absolute Gasteiger partial charge is 0.146 e. The topological polar surface area (TPSA) is 12.0 Å². The van der Waals surface area contributed by atoms with E-state index in [0.717, 1.165) is 5.56 Å². The molecular formula is C16H17ClFN. The van der Waals surface area contributed by atoms with Crippen molar-refractivity contribution >= 4 is 17.3 Å². The third-order valence-corrected chi connectivity index (χ3v) is 3.28. The molecule has 2 aromatic rings. The lowest BCUT2D eigenvalue weighted by atomic mass is 10.0. The van der Waals surface area contributed by atoms with E-state index in [1.807, 2.05) is 6.92 Å². The SMILES string of the molecule is Cc1cc(C)cc(C(C)Nc2cc(Cl)ccc2F)c1. The zero-order valence-electron chi connectivity index (χ0n) is 11.3. The average molecular weight is 278 g/mol. The lowest BCUT2D eigenvalue weighted by Crippen LogP contribution is -2.08. The minimum Gasteiger partial charge on any atom is -0.376 e. The van der Waals surface area contributed by atoms with Gasteiger partial charge in [-0.3, -0.25) is 0 Å². The highest BCUT2D eigenvalue weighted by Crippen LogP contribution is 2.25. The summed E-state index contributed by atoms with van der Waals surface area (Å²) in [6, 6.07) is 10.9. The first-order valence-electron chi connectivity index (χ1n) is 6.25. The summed E-state index contributed by atoms with van der Waals surface area (Å²) >= 11 is 5.89. The molecule has 2 rings (SSSR count). The van der Waals surface area contributed by atoms with Crippen molar-refractivity contribution in [3.05, 3.63) is 63.9 Å². The maximum atomic E-state index is 13.7. The molecule has 19 heavy (non-hydrogen) atoms. The second kappa shape index (κ2) is 5.62. The number of nitrogens with one attached hydrogen (secondary N) is 1. The molecule has 2 aromatic carbocycles. The summed E-state index contributed by atoms with van der Waals surface area (Å²) in [6.07, 6.45) is 0. The van der Waals surface area contributed by atoms with E-state index >= 15 is 0 Å². The van der Waals surface area contributed by atoms with Crippen LogP contribution in [0.25, 0.3) is 0 Å². The minimum atomic E-state index is -0.291. The number of aryl methyl sites for hydroxylation is 2. The van der Waals surface area contributed by atoms with Gasteiger partial charge >= 0.3 is 0 Å². The van der Waals surface area contributed by atoms with Crippen molar-refractivity contribution in [3.8, 4) is 0 Å². The van der Waals surface area contributed by atoms with E-state index < -0.39 is 0 Å². The van der Waals surface area contributed by atoms with Crippen LogP contribution in [-0.4, -0.2) is 0 Å². The van der Waals surface area contributed by atoms with Gasteiger partial charge in [0.15, 0.2) is 0 Å². The largest absolute Gasteiger partial charge is 0.376 e. The Morgan fingerprint density at radius 1 is 1.05 bits per heavy atom. The minimum absolute atomic E-state index is 0.0200. The van der Waals surface area contributed by atoms with Crippen LogP contribution < -0.4 is 5.32 Å². The standard InChI is InChI=1S/C16H17ClFN/c1-10-6-11(2)8-13(7-10)12(3)19-16-9-14(17)4-5-15(16)18/h4-9,12,19H,1-3H3. The molecule has 0 amide bonds. The van der Waals surface area contributed by atoms with Crippen molar-refractivity contribution in [1.82, 2.24) is 0 Å². The Balaban J connectivity index is 2.25. The lowest BCUT2D eigenvalue weighted by molar-refractivity contribution is 0.627. The van der Waals surface area contributed by atoms with E-state index in [2.05, 4.69) is 37.4 Å². The van der Waals surface area contributed by atoms with E-state index in [0.29, 0.717) is 10.7 Å². The quantitative estimate of drug-likeness (QED) is 0.806. The Bertz CT molecular complexity index is 575. The van der Waals surface area contributed by atoms with E-state index in [-0.39, 0.29) is 11.9 Å². The Morgan fingerprint density at radius 3 is 2.32 bits per heavy atom. The highest BCUT2D eigenvalue weighted by Gasteiger charge is 2.09. The van der Waals surface area contributed by atoms with Gasteiger partial charge in [-0.25, -0.2) is 4.39 Å². The Morgan fingerprint density at radius 2 is 1.68 bits per heavy atom. The molecule has 1 N–H and O–H groups in total. The first-order chi connectivity index (χ1) is 8.95. The molecule has 1 atom stereocenters. The third-order valence-electron chi connectivity index (χ3n) is 3.04. The molecule has 1 unspecified atom stereocenters. The van der Waals surface area contributed by atoms with E-state index in [1.165, 1.54) is 17.2 Å². The maximum absolute atomic E-state index is 13.7. The molecule has 0 saturated carbocycles. The molecular weight excluding hydrogens is 261 g/mol. The van der Waals surface area contributed by atoms with Crippen molar-refractivity contribution in [3.63, 3.8) is 0 Å². The molecule has 1 nitrogen and oxygen atoms in total. The second-order valence-electron chi connectivity index (χ2n) is 4.91. The van der Waals surface area contributed by atoms with Crippen LogP contribution >= 0.6 is 11.6 Å². The number of anilines is 1. The van der Waals surface area contributed by atoms with Gasteiger partial charge in [-0.2, -0.15) is 0 Å². The predicted molar refractivity (Wildman–Crippen MR) is 79.4 cm³/mol. The molecule has 3 heteroatoms. The van der Waals surface area contributed by atoms with Crippen molar-refractivity contribution in [2.75, 3.05) is 5.32 Å². The van der Waals surface area contributed by atoms with Crippen molar-refractivity contribution in [2.24, 2.45) is 0 Å². The van der Waals surface area contributed by atoms with Crippen LogP contribution in [-0.2, 0) is 0 Å². The fourth-order valence-corrected chi connectivity index (χ4v) is 2.36. The van der Waals surface area contributed by atoms with Gasteiger partial charge in [-0.1, -0.05) is 40.9 Å². The van der Waals surface area contributed by atoms with Gasteiger partial charge in [0.05, 0.1) is 5.69 Å². The van der Waals surface area contributed by atoms with Gasteiger partial charge in [0.2, 0.25) is 0 Å². The number of halogens is 2. The summed E-state index contributed by atoms with van der Waals surface area (Å²) in [5.74, 6) is -0.291. The van der Waals surface area contributed by atoms with Crippen molar-refractivity contribution in [1.29, 1.82) is 0 Å². The maximum Gasteiger partial charge on any atom is 0.146 e. The molecule has 0 aliphatic rings. The summed E-state index contributed by atoms with van der Waals surface area (Å²) in [5.41, 5.74) is 3.97. The molecule has 0 saturated heterocycles.